The highest BCUT2D eigenvalue weighted by Gasteiger charge is 2.18. The molecule has 0 unspecified atom stereocenters. The van der Waals surface area contributed by atoms with Crippen LogP contribution in [0.15, 0.2) is 63.5 Å². The largest absolute Gasteiger partial charge is 0.332 e. The second-order valence-corrected chi connectivity index (χ2v) is 8.54. The average molecular weight is 419 g/mol. The monoisotopic (exact) mass is 418 g/mol. The van der Waals surface area contributed by atoms with Crippen molar-refractivity contribution in [2.24, 2.45) is 0 Å². The van der Waals surface area contributed by atoms with Gasteiger partial charge in [-0.25, -0.2) is 4.79 Å². The number of fused-ring (bicyclic) bond motifs is 1. The van der Waals surface area contributed by atoms with E-state index in [-0.39, 0.29) is 24.4 Å². The molecular weight excluding hydrogens is 396 g/mol. The summed E-state index contributed by atoms with van der Waals surface area (Å²) >= 11 is 1.29. The number of ketones is 1. The summed E-state index contributed by atoms with van der Waals surface area (Å²) in [5.41, 5.74) is 4.24. The van der Waals surface area contributed by atoms with Crippen LogP contribution in [0.25, 0.3) is 10.2 Å². The molecule has 4 aromatic rings. The highest BCUT2D eigenvalue weighted by atomic mass is 32.1. The van der Waals surface area contributed by atoms with Gasteiger partial charge in [-0.3, -0.25) is 18.7 Å². The third-order valence-electron chi connectivity index (χ3n) is 5.28. The van der Waals surface area contributed by atoms with Gasteiger partial charge in [-0.15, -0.1) is 11.3 Å². The molecular formula is C24H22N2O3S. The zero-order chi connectivity index (χ0) is 21.4. The van der Waals surface area contributed by atoms with E-state index in [0.29, 0.717) is 15.8 Å². The van der Waals surface area contributed by atoms with E-state index in [0.717, 1.165) is 22.3 Å². The maximum Gasteiger partial charge on any atom is 0.332 e. The number of benzene rings is 2. The highest BCUT2D eigenvalue weighted by molar-refractivity contribution is 7.17. The smallest absolute Gasteiger partial charge is 0.292 e. The summed E-state index contributed by atoms with van der Waals surface area (Å²) < 4.78 is 3.12. The van der Waals surface area contributed by atoms with E-state index in [4.69, 9.17) is 0 Å². The fourth-order valence-corrected chi connectivity index (χ4v) is 4.50. The van der Waals surface area contributed by atoms with Crippen LogP contribution in [0.2, 0.25) is 0 Å². The number of carbonyl (C=O) groups is 1. The lowest BCUT2D eigenvalue weighted by atomic mass is 10.0. The summed E-state index contributed by atoms with van der Waals surface area (Å²) in [5, 5.41) is 1.78. The van der Waals surface area contributed by atoms with Crippen LogP contribution in [-0.2, 0) is 13.1 Å². The van der Waals surface area contributed by atoms with Crippen LogP contribution < -0.4 is 11.2 Å². The maximum absolute atomic E-state index is 13.3. The Balaban J connectivity index is 1.80. The first-order valence-electron chi connectivity index (χ1n) is 9.72. The molecule has 2 heterocycles. The molecule has 0 N–H and O–H groups in total. The topological polar surface area (TPSA) is 61.1 Å². The number of Topliss-reactive ketones (excluding diaryl/α,β-unsaturated/α-hetero) is 1. The Morgan fingerprint density at radius 1 is 0.900 bits per heavy atom. The molecule has 4 rings (SSSR count). The van der Waals surface area contributed by atoms with Crippen molar-refractivity contribution >= 4 is 27.3 Å². The van der Waals surface area contributed by atoms with Crippen LogP contribution >= 0.6 is 11.3 Å². The van der Waals surface area contributed by atoms with Crippen molar-refractivity contribution < 1.29 is 4.79 Å². The van der Waals surface area contributed by atoms with Crippen molar-refractivity contribution in [2.75, 3.05) is 0 Å². The normalized spacial score (nSPS) is 11.2. The zero-order valence-electron chi connectivity index (χ0n) is 17.1. The van der Waals surface area contributed by atoms with Crippen LogP contribution in [0.1, 0.15) is 32.6 Å². The van der Waals surface area contributed by atoms with E-state index in [1.54, 1.807) is 17.5 Å². The van der Waals surface area contributed by atoms with Gasteiger partial charge in [0.2, 0.25) is 0 Å². The molecule has 0 saturated heterocycles. The van der Waals surface area contributed by atoms with Gasteiger partial charge in [-0.1, -0.05) is 53.6 Å². The molecule has 6 heteroatoms. The fraction of sp³-hybridized carbons (Fsp3) is 0.208. The van der Waals surface area contributed by atoms with Gasteiger partial charge in [-0.05, 0) is 43.3 Å². The fourth-order valence-electron chi connectivity index (χ4n) is 3.66. The van der Waals surface area contributed by atoms with E-state index in [1.165, 1.54) is 20.5 Å². The molecule has 2 aromatic heterocycles. The number of thiophene rings is 1. The molecule has 30 heavy (non-hydrogen) atoms. The summed E-state index contributed by atoms with van der Waals surface area (Å²) in [4.78, 5) is 39.2. The van der Waals surface area contributed by atoms with Gasteiger partial charge in [-0.2, -0.15) is 0 Å². The molecule has 0 aliphatic rings. The number of nitrogens with zero attached hydrogens (tertiary/aromatic N) is 2. The average Bonchev–Trinajstić information content (AvgIpc) is 3.19. The van der Waals surface area contributed by atoms with Gasteiger partial charge in [0.05, 0.1) is 18.6 Å². The third kappa shape index (κ3) is 3.66. The van der Waals surface area contributed by atoms with Crippen LogP contribution in [0, 0.1) is 20.8 Å². The number of hydrogen-bond donors (Lipinski definition) is 0. The first-order valence-corrected chi connectivity index (χ1v) is 10.6. The number of carbonyl (C=O) groups excluding carboxylic acids is 1. The number of hydrogen-bond acceptors (Lipinski definition) is 4. The lowest BCUT2D eigenvalue weighted by Gasteiger charge is -2.13. The van der Waals surface area contributed by atoms with Crippen LogP contribution in [-0.4, -0.2) is 14.9 Å². The van der Waals surface area contributed by atoms with E-state index in [9.17, 15) is 14.4 Å². The molecule has 0 amide bonds. The predicted octanol–water partition coefficient (Wildman–Crippen LogP) is 4.08. The third-order valence-corrected chi connectivity index (χ3v) is 6.17. The van der Waals surface area contributed by atoms with Crippen LogP contribution in [0.3, 0.4) is 0 Å². The van der Waals surface area contributed by atoms with Gasteiger partial charge >= 0.3 is 5.69 Å². The van der Waals surface area contributed by atoms with Gasteiger partial charge in [0.25, 0.3) is 5.56 Å². The summed E-state index contributed by atoms with van der Waals surface area (Å²) in [6.07, 6.45) is 0. The summed E-state index contributed by atoms with van der Waals surface area (Å²) in [7, 11) is 0. The molecule has 0 bridgehead atoms. The summed E-state index contributed by atoms with van der Waals surface area (Å²) in [5.74, 6) is -0.150. The standard InChI is InChI=1S/C24H22N2O3S/c1-15-4-7-18(8-5-15)13-26-23(28)22-20(10-11-30-22)25(24(26)29)14-21(27)19-9-6-16(2)12-17(19)3/h4-12H,13-14H2,1-3H3. The molecule has 0 fully saturated rings. The number of rotatable bonds is 5. The quantitative estimate of drug-likeness (QED) is 0.459. The van der Waals surface area contributed by atoms with Crippen molar-refractivity contribution in [3.8, 4) is 0 Å². The molecule has 0 aliphatic carbocycles. The van der Waals surface area contributed by atoms with Crippen molar-refractivity contribution in [1.82, 2.24) is 9.13 Å². The summed E-state index contributed by atoms with van der Waals surface area (Å²) in [6, 6.07) is 15.1. The number of aromatic nitrogens is 2. The van der Waals surface area contributed by atoms with Crippen molar-refractivity contribution in [1.29, 1.82) is 0 Å². The van der Waals surface area contributed by atoms with Crippen LogP contribution in [0.4, 0.5) is 0 Å². The van der Waals surface area contributed by atoms with Gasteiger partial charge in [0, 0.05) is 5.56 Å². The molecule has 0 radical (unpaired) electrons. The molecule has 0 atom stereocenters. The minimum Gasteiger partial charge on any atom is -0.292 e. The number of aryl methyl sites for hydroxylation is 3. The Bertz CT molecular complexity index is 1370. The lowest BCUT2D eigenvalue weighted by Crippen LogP contribution is -2.41. The predicted molar refractivity (Wildman–Crippen MR) is 121 cm³/mol. The van der Waals surface area contributed by atoms with Gasteiger partial charge in [0.1, 0.15) is 4.70 Å². The maximum atomic E-state index is 13.3. The second-order valence-electron chi connectivity index (χ2n) is 7.62. The molecule has 152 valence electrons. The first kappa shape index (κ1) is 20.0. The van der Waals surface area contributed by atoms with Crippen LogP contribution in [0.5, 0.6) is 0 Å². The van der Waals surface area contributed by atoms with Gasteiger partial charge < -0.3 is 0 Å². The van der Waals surface area contributed by atoms with Crippen molar-refractivity contribution in [3.63, 3.8) is 0 Å². The van der Waals surface area contributed by atoms with Crippen molar-refractivity contribution in [3.05, 3.63) is 103 Å². The zero-order valence-corrected chi connectivity index (χ0v) is 18.0. The van der Waals surface area contributed by atoms with Crippen molar-refractivity contribution in [2.45, 2.75) is 33.9 Å². The molecule has 5 nitrogen and oxygen atoms in total. The Hall–Kier alpha value is -3.25. The molecule has 0 aliphatic heterocycles. The minimum absolute atomic E-state index is 0.107. The molecule has 0 spiro atoms. The van der Waals surface area contributed by atoms with E-state index in [2.05, 4.69) is 0 Å². The SMILES string of the molecule is Cc1ccc(Cn2c(=O)c3sccc3n(CC(=O)c3ccc(C)cc3C)c2=O)cc1. The van der Waals surface area contributed by atoms with Gasteiger partial charge in [0.15, 0.2) is 5.78 Å². The first-order chi connectivity index (χ1) is 14.3. The second kappa shape index (κ2) is 7.88. The Morgan fingerprint density at radius 3 is 2.30 bits per heavy atom. The van der Waals surface area contributed by atoms with E-state index in [1.807, 2.05) is 57.2 Å². The van der Waals surface area contributed by atoms with E-state index < -0.39 is 5.69 Å². The Morgan fingerprint density at radius 2 is 1.60 bits per heavy atom. The lowest BCUT2D eigenvalue weighted by molar-refractivity contribution is 0.0971. The Kier molecular flexibility index (Phi) is 5.26. The summed E-state index contributed by atoms with van der Waals surface area (Å²) in [6.45, 7) is 5.91. The highest BCUT2D eigenvalue weighted by Crippen LogP contribution is 2.17. The van der Waals surface area contributed by atoms with E-state index >= 15 is 0 Å². The molecule has 0 saturated carbocycles. The minimum atomic E-state index is -0.468. The Labute approximate surface area is 177 Å². The molecule has 2 aromatic carbocycles.